The first-order valence-corrected chi connectivity index (χ1v) is 7.02. The molecule has 0 radical (unpaired) electrons. The molecule has 1 rings (SSSR count). The van der Waals surface area contributed by atoms with Gasteiger partial charge in [-0.2, -0.15) is 0 Å². The lowest BCUT2D eigenvalue weighted by atomic mass is 10.1. The molecule has 0 N–H and O–H groups in total. The first kappa shape index (κ1) is 14.7. The molecule has 0 spiro atoms. The predicted octanol–water partition coefficient (Wildman–Crippen LogP) is 3.66. The van der Waals surface area contributed by atoms with Gasteiger partial charge in [0.2, 0.25) is 5.91 Å². The second-order valence-electron chi connectivity index (χ2n) is 4.86. The molecule has 0 heterocycles. The van der Waals surface area contributed by atoms with Gasteiger partial charge < -0.3 is 4.90 Å². The van der Waals surface area contributed by atoms with Crippen LogP contribution in [0.1, 0.15) is 44.6 Å². The number of benzene rings is 1. The van der Waals surface area contributed by atoms with Gasteiger partial charge in [0, 0.05) is 20.0 Å². The number of hydrogen-bond acceptors (Lipinski definition) is 1. The smallest absolute Gasteiger partial charge is 0.222 e. The molecule has 0 aliphatic rings. The van der Waals surface area contributed by atoms with Crippen molar-refractivity contribution >= 4 is 5.91 Å². The summed E-state index contributed by atoms with van der Waals surface area (Å²) < 4.78 is 0. The molecular formula is C16H25NO. The fraction of sp³-hybridized carbons (Fsp3) is 0.562. The molecule has 1 amide bonds. The van der Waals surface area contributed by atoms with Gasteiger partial charge in [0.25, 0.3) is 0 Å². The van der Waals surface area contributed by atoms with Crippen molar-refractivity contribution in [3.8, 4) is 0 Å². The zero-order valence-corrected chi connectivity index (χ0v) is 11.7. The average Bonchev–Trinajstić information content (AvgIpc) is 2.41. The van der Waals surface area contributed by atoms with Gasteiger partial charge in [-0.3, -0.25) is 4.79 Å². The van der Waals surface area contributed by atoms with Gasteiger partial charge in [-0.15, -0.1) is 0 Å². The molecule has 2 heteroatoms. The minimum absolute atomic E-state index is 0.288. The van der Waals surface area contributed by atoms with Crippen molar-refractivity contribution < 1.29 is 4.79 Å². The zero-order chi connectivity index (χ0) is 13.2. The zero-order valence-electron chi connectivity index (χ0n) is 11.7. The van der Waals surface area contributed by atoms with E-state index in [1.807, 2.05) is 18.0 Å². The lowest BCUT2D eigenvalue weighted by Gasteiger charge is -2.16. The highest BCUT2D eigenvalue weighted by Gasteiger charge is 2.07. The summed E-state index contributed by atoms with van der Waals surface area (Å²) in [7, 11) is 1.91. The molecule has 0 bridgehead atoms. The van der Waals surface area contributed by atoms with Crippen LogP contribution in [0.15, 0.2) is 30.3 Å². The number of carbonyl (C=O) groups is 1. The van der Waals surface area contributed by atoms with Gasteiger partial charge in [-0.1, -0.05) is 43.7 Å². The number of rotatable bonds is 8. The van der Waals surface area contributed by atoms with E-state index in [2.05, 4.69) is 31.2 Å². The van der Waals surface area contributed by atoms with Crippen molar-refractivity contribution in [1.29, 1.82) is 0 Å². The van der Waals surface area contributed by atoms with Gasteiger partial charge in [0.05, 0.1) is 0 Å². The Balaban J connectivity index is 2.12. The van der Waals surface area contributed by atoms with Crippen LogP contribution in [0.2, 0.25) is 0 Å². The summed E-state index contributed by atoms with van der Waals surface area (Å²) in [5.74, 6) is 0.288. The number of carbonyl (C=O) groups excluding carboxylic acids is 1. The molecule has 0 aliphatic heterocycles. The molecule has 0 atom stereocenters. The molecule has 0 unspecified atom stereocenters. The molecule has 0 aliphatic carbocycles. The lowest BCUT2D eigenvalue weighted by molar-refractivity contribution is -0.130. The summed E-state index contributed by atoms with van der Waals surface area (Å²) in [5, 5.41) is 0. The molecule has 100 valence electrons. The third-order valence-electron chi connectivity index (χ3n) is 3.22. The van der Waals surface area contributed by atoms with E-state index in [9.17, 15) is 4.79 Å². The van der Waals surface area contributed by atoms with Gasteiger partial charge in [-0.05, 0) is 31.2 Å². The highest BCUT2D eigenvalue weighted by Crippen LogP contribution is 2.07. The molecule has 0 aromatic heterocycles. The second kappa shape index (κ2) is 8.73. The van der Waals surface area contributed by atoms with E-state index in [0.717, 1.165) is 38.6 Å². The van der Waals surface area contributed by atoms with Crippen molar-refractivity contribution in [2.24, 2.45) is 0 Å². The van der Waals surface area contributed by atoms with Crippen molar-refractivity contribution in [3.63, 3.8) is 0 Å². The van der Waals surface area contributed by atoms with Gasteiger partial charge >= 0.3 is 0 Å². The van der Waals surface area contributed by atoms with E-state index in [-0.39, 0.29) is 5.91 Å². The Kier molecular flexibility index (Phi) is 7.16. The third kappa shape index (κ3) is 5.85. The molecule has 0 fully saturated rings. The maximum atomic E-state index is 11.8. The lowest BCUT2D eigenvalue weighted by Crippen LogP contribution is -2.27. The van der Waals surface area contributed by atoms with Crippen molar-refractivity contribution in [1.82, 2.24) is 4.90 Å². The molecule has 18 heavy (non-hydrogen) atoms. The molecule has 1 aromatic rings. The first-order valence-electron chi connectivity index (χ1n) is 7.02. The van der Waals surface area contributed by atoms with Crippen molar-refractivity contribution in [2.75, 3.05) is 13.6 Å². The molecule has 2 nitrogen and oxygen atoms in total. The van der Waals surface area contributed by atoms with E-state index >= 15 is 0 Å². The summed E-state index contributed by atoms with van der Waals surface area (Å²) >= 11 is 0. The van der Waals surface area contributed by atoms with E-state index in [4.69, 9.17) is 0 Å². The summed E-state index contributed by atoms with van der Waals surface area (Å²) in [6.45, 7) is 3.05. The minimum Gasteiger partial charge on any atom is -0.346 e. The highest BCUT2D eigenvalue weighted by atomic mass is 16.2. The number of hydrogen-bond donors (Lipinski definition) is 0. The maximum absolute atomic E-state index is 11.8. The van der Waals surface area contributed by atoms with Crippen LogP contribution in [0.5, 0.6) is 0 Å². The number of aryl methyl sites for hydroxylation is 1. The fourth-order valence-corrected chi connectivity index (χ4v) is 1.96. The van der Waals surface area contributed by atoms with Crippen LogP contribution in [0.3, 0.4) is 0 Å². The number of nitrogens with zero attached hydrogens (tertiary/aromatic N) is 1. The van der Waals surface area contributed by atoms with Crippen LogP contribution in [0.4, 0.5) is 0 Å². The van der Waals surface area contributed by atoms with E-state index in [1.165, 1.54) is 5.56 Å². The minimum atomic E-state index is 0.288. The number of amides is 1. The average molecular weight is 247 g/mol. The quantitative estimate of drug-likeness (QED) is 0.642. The van der Waals surface area contributed by atoms with Crippen LogP contribution in [0.25, 0.3) is 0 Å². The van der Waals surface area contributed by atoms with E-state index in [1.54, 1.807) is 0 Å². The Labute approximate surface area is 111 Å². The SMILES string of the molecule is CCCCN(C)C(=O)CCCCc1ccccc1. The normalized spacial score (nSPS) is 10.3. The van der Waals surface area contributed by atoms with Crippen molar-refractivity contribution in [3.05, 3.63) is 35.9 Å². The monoisotopic (exact) mass is 247 g/mol. The predicted molar refractivity (Wildman–Crippen MR) is 76.5 cm³/mol. The maximum Gasteiger partial charge on any atom is 0.222 e. The van der Waals surface area contributed by atoms with Gasteiger partial charge in [0.15, 0.2) is 0 Å². The van der Waals surface area contributed by atoms with Gasteiger partial charge in [-0.25, -0.2) is 0 Å². The summed E-state index contributed by atoms with van der Waals surface area (Å²) in [5.41, 5.74) is 1.37. The van der Waals surface area contributed by atoms with E-state index in [0.29, 0.717) is 6.42 Å². The second-order valence-corrected chi connectivity index (χ2v) is 4.86. The third-order valence-corrected chi connectivity index (χ3v) is 3.22. The fourth-order valence-electron chi connectivity index (χ4n) is 1.96. The Morgan fingerprint density at radius 1 is 1.11 bits per heavy atom. The molecule has 0 saturated heterocycles. The Morgan fingerprint density at radius 2 is 1.83 bits per heavy atom. The summed E-state index contributed by atoms with van der Waals surface area (Å²) in [6, 6.07) is 10.5. The Hall–Kier alpha value is -1.31. The molecular weight excluding hydrogens is 222 g/mol. The van der Waals surface area contributed by atoms with Crippen molar-refractivity contribution in [2.45, 2.75) is 45.4 Å². The Morgan fingerprint density at radius 3 is 2.50 bits per heavy atom. The largest absolute Gasteiger partial charge is 0.346 e. The van der Waals surface area contributed by atoms with Crippen LogP contribution >= 0.6 is 0 Å². The Bertz CT molecular complexity index is 334. The highest BCUT2D eigenvalue weighted by molar-refractivity contribution is 5.75. The van der Waals surface area contributed by atoms with Crippen LogP contribution in [-0.2, 0) is 11.2 Å². The summed E-state index contributed by atoms with van der Waals surface area (Å²) in [4.78, 5) is 13.7. The summed E-state index contributed by atoms with van der Waals surface area (Å²) in [6.07, 6.45) is 6.10. The van der Waals surface area contributed by atoms with Gasteiger partial charge in [0.1, 0.15) is 0 Å². The van der Waals surface area contributed by atoms with E-state index < -0.39 is 0 Å². The molecule has 0 saturated carbocycles. The first-order chi connectivity index (χ1) is 8.74. The topological polar surface area (TPSA) is 20.3 Å². The van der Waals surface area contributed by atoms with Crippen LogP contribution in [-0.4, -0.2) is 24.4 Å². The standard InChI is InChI=1S/C16H25NO/c1-3-4-14-17(2)16(18)13-9-8-12-15-10-6-5-7-11-15/h5-7,10-11H,3-4,8-9,12-14H2,1-2H3. The molecule has 1 aromatic carbocycles. The number of unbranched alkanes of at least 4 members (excludes halogenated alkanes) is 2. The van der Waals surface area contributed by atoms with Crippen LogP contribution in [0, 0.1) is 0 Å². The van der Waals surface area contributed by atoms with Crippen LogP contribution < -0.4 is 0 Å².